The maximum Gasteiger partial charge on any atom is 0.334 e. The standard InChI is InChI=1S/C20H18O5/c1-15(12-19(22)24-13-16-8-4-2-5-9-16)20(23)25-14-18(21)17-10-6-3-7-11-17/h2-11H,1,12-14H2. The largest absolute Gasteiger partial charge is 0.461 e. The maximum atomic E-state index is 11.9. The van der Waals surface area contributed by atoms with Crippen molar-refractivity contribution in [1.29, 1.82) is 0 Å². The molecule has 0 aliphatic rings. The van der Waals surface area contributed by atoms with E-state index in [1.807, 2.05) is 30.3 Å². The van der Waals surface area contributed by atoms with Gasteiger partial charge in [0.2, 0.25) is 0 Å². The topological polar surface area (TPSA) is 69.7 Å². The Morgan fingerprint density at radius 3 is 2.08 bits per heavy atom. The molecule has 0 fully saturated rings. The zero-order valence-corrected chi connectivity index (χ0v) is 13.6. The summed E-state index contributed by atoms with van der Waals surface area (Å²) in [4.78, 5) is 35.4. The van der Waals surface area contributed by atoms with Crippen LogP contribution in [0.3, 0.4) is 0 Å². The zero-order valence-electron chi connectivity index (χ0n) is 13.6. The van der Waals surface area contributed by atoms with Crippen LogP contribution in [-0.2, 0) is 25.7 Å². The Balaban J connectivity index is 1.73. The number of benzene rings is 2. The lowest BCUT2D eigenvalue weighted by atomic mass is 10.1. The van der Waals surface area contributed by atoms with Crippen LogP contribution in [0.2, 0.25) is 0 Å². The lowest BCUT2D eigenvalue weighted by molar-refractivity contribution is -0.146. The maximum absolute atomic E-state index is 11.9. The molecule has 2 aromatic rings. The Labute approximate surface area is 145 Å². The number of ketones is 1. The molecule has 0 atom stereocenters. The molecule has 5 nitrogen and oxygen atoms in total. The molecule has 0 bridgehead atoms. The molecule has 0 aliphatic carbocycles. The number of carbonyl (C=O) groups excluding carboxylic acids is 3. The summed E-state index contributed by atoms with van der Waals surface area (Å²) >= 11 is 0. The summed E-state index contributed by atoms with van der Waals surface area (Å²) in [6.07, 6.45) is -0.287. The van der Waals surface area contributed by atoms with Gasteiger partial charge in [-0.3, -0.25) is 9.59 Å². The van der Waals surface area contributed by atoms with Crippen molar-refractivity contribution in [2.75, 3.05) is 6.61 Å². The highest BCUT2D eigenvalue weighted by Crippen LogP contribution is 2.07. The van der Waals surface area contributed by atoms with Crippen LogP contribution < -0.4 is 0 Å². The summed E-state index contributed by atoms with van der Waals surface area (Å²) in [5.41, 5.74) is 1.24. The van der Waals surface area contributed by atoms with E-state index in [9.17, 15) is 14.4 Å². The average Bonchev–Trinajstić information content (AvgIpc) is 2.65. The summed E-state index contributed by atoms with van der Waals surface area (Å²) in [7, 11) is 0. The molecule has 25 heavy (non-hydrogen) atoms. The molecule has 2 rings (SSSR count). The predicted molar refractivity (Wildman–Crippen MR) is 91.7 cm³/mol. The minimum absolute atomic E-state index is 0.0566. The van der Waals surface area contributed by atoms with Gasteiger partial charge in [0.1, 0.15) is 6.61 Å². The molecule has 0 N–H and O–H groups in total. The molecule has 0 aliphatic heterocycles. The van der Waals surface area contributed by atoms with Crippen LogP contribution in [-0.4, -0.2) is 24.3 Å². The van der Waals surface area contributed by atoms with E-state index in [0.717, 1.165) is 5.56 Å². The molecule has 5 heteroatoms. The molecular weight excluding hydrogens is 320 g/mol. The number of hydrogen-bond acceptors (Lipinski definition) is 5. The van der Waals surface area contributed by atoms with E-state index in [2.05, 4.69) is 6.58 Å². The van der Waals surface area contributed by atoms with Crippen LogP contribution in [0.1, 0.15) is 22.3 Å². The molecule has 0 saturated heterocycles. The van der Waals surface area contributed by atoms with Crippen LogP contribution in [0.4, 0.5) is 0 Å². The third-order valence-electron chi connectivity index (χ3n) is 3.32. The fraction of sp³-hybridized carbons (Fsp3) is 0.150. The zero-order chi connectivity index (χ0) is 18.1. The first-order valence-corrected chi connectivity index (χ1v) is 7.69. The number of ether oxygens (including phenoxy) is 2. The highest BCUT2D eigenvalue weighted by molar-refractivity contribution is 5.99. The highest BCUT2D eigenvalue weighted by Gasteiger charge is 2.16. The lowest BCUT2D eigenvalue weighted by Crippen LogP contribution is -2.17. The van der Waals surface area contributed by atoms with Gasteiger partial charge in [0, 0.05) is 11.1 Å². The highest BCUT2D eigenvalue weighted by atomic mass is 16.5. The van der Waals surface area contributed by atoms with E-state index >= 15 is 0 Å². The van der Waals surface area contributed by atoms with E-state index in [1.54, 1.807) is 30.3 Å². The first-order chi connectivity index (χ1) is 12.1. The van der Waals surface area contributed by atoms with Gasteiger partial charge in [-0.25, -0.2) is 4.79 Å². The van der Waals surface area contributed by atoms with Crippen LogP contribution >= 0.6 is 0 Å². The number of carbonyl (C=O) groups is 3. The van der Waals surface area contributed by atoms with Gasteiger partial charge in [0.15, 0.2) is 12.4 Å². The SMILES string of the molecule is C=C(CC(=O)OCc1ccccc1)C(=O)OCC(=O)c1ccccc1. The van der Waals surface area contributed by atoms with Gasteiger partial charge < -0.3 is 9.47 Å². The van der Waals surface area contributed by atoms with E-state index in [1.165, 1.54) is 0 Å². The van der Waals surface area contributed by atoms with E-state index in [4.69, 9.17) is 9.47 Å². The van der Waals surface area contributed by atoms with Gasteiger partial charge in [0.05, 0.1) is 6.42 Å². The summed E-state index contributed by atoms with van der Waals surface area (Å²) in [6.45, 7) is 3.23. The molecule has 0 aromatic heterocycles. The number of esters is 2. The second-order valence-electron chi connectivity index (χ2n) is 5.29. The summed E-state index contributed by atoms with van der Waals surface area (Å²) in [5.74, 6) is -1.70. The molecule has 0 spiro atoms. The molecule has 0 saturated carbocycles. The van der Waals surface area contributed by atoms with E-state index < -0.39 is 18.5 Å². The molecular formula is C20H18O5. The van der Waals surface area contributed by atoms with Gasteiger partial charge in [0.25, 0.3) is 0 Å². The molecule has 0 unspecified atom stereocenters. The summed E-state index contributed by atoms with van der Waals surface area (Å²) in [6, 6.07) is 17.7. The third kappa shape index (κ3) is 6.06. The average molecular weight is 338 g/mol. The molecule has 2 aromatic carbocycles. The first kappa shape index (κ1) is 18.1. The van der Waals surface area contributed by atoms with Crippen LogP contribution in [0.5, 0.6) is 0 Å². The third-order valence-corrected chi connectivity index (χ3v) is 3.32. The van der Waals surface area contributed by atoms with Crippen LogP contribution in [0, 0.1) is 0 Å². The normalized spacial score (nSPS) is 9.92. The fourth-order valence-corrected chi connectivity index (χ4v) is 1.98. The van der Waals surface area contributed by atoms with Crippen molar-refractivity contribution in [1.82, 2.24) is 0 Å². The van der Waals surface area contributed by atoms with Crippen LogP contribution in [0.25, 0.3) is 0 Å². The van der Waals surface area contributed by atoms with Gasteiger partial charge in [-0.05, 0) is 5.56 Å². The smallest absolute Gasteiger partial charge is 0.334 e. The van der Waals surface area contributed by atoms with E-state index in [0.29, 0.717) is 5.56 Å². The number of rotatable bonds is 8. The van der Waals surface area contributed by atoms with Crippen molar-refractivity contribution in [3.05, 3.63) is 83.9 Å². The Kier molecular flexibility index (Phi) is 6.65. The Morgan fingerprint density at radius 1 is 0.840 bits per heavy atom. The predicted octanol–water partition coefficient (Wildman–Crippen LogP) is 3.10. The molecule has 0 heterocycles. The summed E-state index contributed by atoms with van der Waals surface area (Å²) in [5, 5.41) is 0. The molecule has 0 amide bonds. The van der Waals surface area contributed by atoms with Crippen molar-refractivity contribution in [2.24, 2.45) is 0 Å². The van der Waals surface area contributed by atoms with Gasteiger partial charge in [-0.15, -0.1) is 0 Å². The Bertz CT molecular complexity index is 750. The van der Waals surface area contributed by atoms with Gasteiger partial charge in [-0.1, -0.05) is 67.2 Å². The van der Waals surface area contributed by atoms with Gasteiger partial charge in [-0.2, -0.15) is 0 Å². The Morgan fingerprint density at radius 2 is 1.44 bits per heavy atom. The molecule has 0 radical (unpaired) electrons. The first-order valence-electron chi connectivity index (χ1n) is 7.69. The lowest BCUT2D eigenvalue weighted by Gasteiger charge is -2.07. The van der Waals surface area contributed by atoms with Gasteiger partial charge >= 0.3 is 11.9 Å². The minimum atomic E-state index is -0.791. The quantitative estimate of drug-likeness (QED) is 0.420. The van der Waals surface area contributed by atoms with Crippen LogP contribution in [0.15, 0.2) is 72.8 Å². The summed E-state index contributed by atoms with van der Waals surface area (Å²) < 4.78 is 9.96. The van der Waals surface area contributed by atoms with Crippen molar-refractivity contribution >= 4 is 17.7 Å². The fourth-order valence-electron chi connectivity index (χ4n) is 1.98. The monoisotopic (exact) mass is 338 g/mol. The molecule has 128 valence electrons. The van der Waals surface area contributed by atoms with Crippen molar-refractivity contribution in [3.63, 3.8) is 0 Å². The van der Waals surface area contributed by atoms with E-state index in [-0.39, 0.29) is 24.4 Å². The second kappa shape index (κ2) is 9.17. The van der Waals surface area contributed by atoms with Crippen molar-refractivity contribution < 1.29 is 23.9 Å². The minimum Gasteiger partial charge on any atom is -0.461 e. The van der Waals surface area contributed by atoms with Crippen molar-refractivity contribution in [2.45, 2.75) is 13.0 Å². The van der Waals surface area contributed by atoms with Crippen molar-refractivity contribution in [3.8, 4) is 0 Å². The number of Topliss-reactive ketones (excluding diaryl/α,β-unsaturated/α-hetero) is 1. The second-order valence-corrected chi connectivity index (χ2v) is 5.29. The Hall–Kier alpha value is -3.21. The number of hydrogen-bond donors (Lipinski definition) is 0.